The van der Waals surface area contributed by atoms with Crippen LogP contribution in [-0.2, 0) is 16.1 Å². The molecule has 26 heavy (non-hydrogen) atoms. The number of hydrogen-bond donors (Lipinski definition) is 2. The highest BCUT2D eigenvalue weighted by Crippen LogP contribution is 2.23. The van der Waals surface area contributed by atoms with Crippen LogP contribution in [0.2, 0.25) is 0 Å². The van der Waals surface area contributed by atoms with Crippen molar-refractivity contribution in [1.82, 2.24) is 15.2 Å². The van der Waals surface area contributed by atoms with Crippen molar-refractivity contribution in [2.75, 3.05) is 0 Å². The second-order valence-electron chi connectivity index (χ2n) is 6.43. The molecule has 1 atom stereocenters. The van der Waals surface area contributed by atoms with E-state index in [1.54, 1.807) is 17.9 Å². The molecule has 2 aromatic carbocycles. The van der Waals surface area contributed by atoms with Gasteiger partial charge in [0.2, 0.25) is 5.91 Å². The van der Waals surface area contributed by atoms with Crippen molar-refractivity contribution in [2.45, 2.75) is 19.5 Å². The van der Waals surface area contributed by atoms with E-state index in [0.717, 1.165) is 22.0 Å². The highest BCUT2D eigenvalue weighted by atomic mass is 16.2. The Kier molecular flexibility index (Phi) is 4.05. The van der Waals surface area contributed by atoms with Crippen molar-refractivity contribution in [3.05, 3.63) is 77.6 Å². The number of aromatic amines is 1. The van der Waals surface area contributed by atoms with Crippen LogP contribution < -0.4 is 5.32 Å². The Labute approximate surface area is 151 Å². The van der Waals surface area contributed by atoms with E-state index < -0.39 is 6.04 Å². The lowest BCUT2D eigenvalue weighted by atomic mass is 10.1. The highest BCUT2D eigenvalue weighted by molar-refractivity contribution is 6.08. The second kappa shape index (κ2) is 6.52. The lowest BCUT2D eigenvalue weighted by Gasteiger charge is -2.34. The van der Waals surface area contributed by atoms with Crippen molar-refractivity contribution in [2.24, 2.45) is 0 Å². The molecule has 0 bridgehead atoms. The molecule has 2 N–H and O–H groups in total. The number of amides is 2. The van der Waals surface area contributed by atoms with Gasteiger partial charge in [-0.2, -0.15) is 0 Å². The predicted octanol–water partition coefficient (Wildman–Crippen LogP) is 3.06. The zero-order valence-corrected chi connectivity index (χ0v) is 14.4. The maximum absolute atomic E-state index is 13.0. The number of nitrogens with one attached hydrogen (secondary N) is 2. The fraction of sp³-hybridized carbons (Fsp3) is 0.143. The summed E-state index contributed by atoms with van der Waals surface area (Å²) in [5, 5.41) is 3.76. The van der Waals surface area contributed by atoms with Crippen LogP contribution in [0.1, 0.15) is 18.1 Å². The molecule has 0 aliphatic carbocycles. The van der Waals surface area contributed by atoms with Crippen LogP contribution >= 0.6 is 0 Å². The molecule has 1 aliphatic heterocycles. The highest BCUT2D eigenvalue weighted by Gasteiger charge is 2.34. The summed E-state index contributed by atoms with van der Waals surface area (Å²) in [6.07, 6.45) is 3.58. The topological polar surface area (TPSA) is 65.2 Å². The van der Waals surface area contributed by atoms with Gasteiger partial charge in [-0.15, -0.1) is 0 Å². The molecular weight excluding hydrogens is 326 g/mol. The van der Waals surface area contributed by atoms with Gasteiger partial charge in [0.15, 0.2) is 0 Å². The van der Waals surface area contributed by atoms with Gasteiger partial charge in [-0.1, -0.05) is 48.5 Å². The van der Waals surface area contributed by atoms with Crippen LogP contribution in [0.15, 0.2) is 66.5 Å². The van der Waals surface area contributed by atoms with Gasteiger partial charge in [-0.25, -0.2) is 0 Å². The standard InChI is InChI=1S/C21H19N3O2/c1-14-20(25)23-19(11-16-12-22-18-10-6-5-9-17(16)18)21(26)24(14)13-15-7-3-2-4-8-15/h2-12,14,22H,13H2,1H3,(H,23,25)/b19-11-/t14-/m1/s1. The number of aromatic nitrogens is 1. The summed E-state index contributed by atoms with van der Waals surface area (Å²) < 4.78 is 0. The van der Waals surface area contributed by atoms with Gasteiger partial charge in [0, 0.05) is 29.2 Å². The van der Waals surface area contributed by atoms with Crippen LogP contribution in [0.4, 0.5) is 0 Å². The van der Waals surface area contributed by atoms with Crippen LogP contribution in [0.25, 0.3) is 17.0 Å². The lowest BCUT2D eigenvalue weighted by Crippen LogP contribution is -2.55. The van der Waals surface area contributed by atoms with E-state index in [4.69, 9.17) is 0 Å². The average Bonchev–Trinajstić information content (AvgIpc) is 3.07. The quantitative estimate of drug-likeness (QED) is 0.717. The summed E-state index contributed by atoms with van der Waals surface area (Å²) in [7, 11) is 0. The Morgan fingerprint density at radius 1 is 1.04 bits per heavy atom. The average molecular weight is 345 g/mol. The first-order valence-corrected chi connectivity index (χ1v) is 8.57. The monoisotopic (exact) mass is 345 g/mol. The van der Waals surface area contributed by atoms with Crippen molar-refractivity contribution in [3.63, 3.8) is 0 Å². The van der Waals surface area contributed by atoms with Gasteiger partial charge in [-0.05, 0) is 24.6 Å². The van der Waals surface area contributed by atoms with Gasteiger partial charge in [-0.3, -0.25) is 9.59 Å². The first-order valence-electron chi connectivity index (χ1n) is 8.57. The largest absolute Gasteiger partial charge is 0.361 e. The number of fused-ring (bicyclic) bond motifs is 1. The number of piperazine rings is 1. The molecule has 1 saturated heterocycles. The first-order chi connectivity index (χ1) is 12.6. The Hall–Kier alpha value is -3.34. The first kappa shape index (κ1) is 16.1. The van der Waals surface area contributed by atoms with Gasteiger partial charge in [0.1, 0.15) is 11.7 Å². The molecular formula is C21H19N3O2. The SMILES string of the molecule is C[C@@H]1C(=O)N/C(=C\c2c[nH]c3ccccc23)C(=O)N1Cc1ccccc1. The Balaban J connectivity index is 1.68. The molecule has 130 valence electrons. The molecule has 1 fully saturated rings. The molecule has 0 spiro atoms. The van der Waals surface area contributed by atoms with E-state index in [0.29, 0.717) is 12.2 Å². The number of nitrogens with zero attached hydrogens (tertiary/aromatic N) is 1. The third kappa shape index (κ3) is 2.88. The Bertz CT molecular complexity index is 1000. The van der Waals surface area contributed by atoms with Crippen LogP contribution in [0, 0.1) is 0 Å². The number of carbonyl (C=O) groups is 2. The fourth-order valence-electron chi connectivity index (χ4n) is 3.22. The maximum atomic E-state index is 13.0. The Morgan fingerprint density at radius 3 is 2.58 bits per heavy atom. The minimum atomic E-state index is -0.511. The number of benzene rings is 2. The summed E-state index contributed by atoms with van der Waals surface area (Å²) in [6.45, 7) is 2.15. The number of para-hydroxylation sites is 1. The molecule has 5 nitrogen and oxygen atoms in total. The van der Waals surface area contributed by atoms with Gasteiger partial charge in [0.25, 0.3) is 5.91 Å². The maximum Gasteiger partial charge on any atom is 0.271 e. The third-order valence-corrected chi connectivity index (χ3v) is 4.71. The summed E-state index contributed by atoms with van der Waals surface area (Å²) in [6, 6.07) is 17.0. The third-order valence-electron chi connectivity index (χ3n) is 4.71. The van der Waals surface area contributed by atoms with E-state index in [1.807, 2.05) is 60.8 Å². The van der Waals surface area contributed by atoms with Crippen molar-refractivity contribution in [3.8, 4) is 0 Å². The van der Waals surface area contributed by atoms with Crippen molar-refractivity contribution >= 4 is 28.8 Å². The van der Waals surface area contributed by atoms with Gasteiger partial charge >= 0.3 is 0 Å². The predicted molar refractivity (Wildman–Crippen MR) is 101 cm³/mol. The normalized spacial score (nSPS) is 19.2. The molecule has 0 saturated carbocycles. The smallest absolute Gasteiger partial charge is 0.271 e. The van der Waals surface area contributed by atoms with E-state index >= 15 is 0 Å². The number of carbonyl (C=O) groups excluding carboxylic acids is 2. The van der Waals surface area contributed by atoms with Crippen LogP contribution in [0.5, 0.6) is 0 Å². The van der Waals surface area contributed by atoms with E-state index in [-0.39, 0.29) is 11.8 Å². The molecule has 5 heteroatoms. The number of H-pyrrole nitrogens is 1. The number of rotatable bonds is 3. The molecule has 2 amide bonds. The molecule has 2 heterocycles. The van der Waals surface area contributed by atoms with Crippen LogP contribution in [0.3, 0.4) is 0 Å². The van der Waals surface area contributed by atoms with E-state index in [2.05, 4.69) is 10.3 Å². The number of hydrogen-bond acceptors (Lipinski definition) is 2. The second-order valence-corrected chi connectivity index (χ2v) is 6.43. The minimum absolute atomic E-state index is 0.174. The fourth-order valence-corrected chi connectivity index (χ4v) is 3.22. The molecule has 0 radical (unpaired) electrons. The Morgan fingerprint density at radius 2 is 1.77 bits per heavy atom. The summed E-state index contributed by atoms with van der Waals surface area (Å²) in [4.78, 5) is 30.2. The van der Waals surface area contributed by atoms with Crippen molar-refractivity contribution < 1.29 is 9.59 Å². The molecule has 4 rings (SSSR count). The minimum Gasteiger partial charge on any atom is -0.361 e. The summed E-state index contributed by atoms with van der Waals surface area (Å²) in [5.41, 5.74) is 3.16. The lowest BCUT2D eigenvalue weighted by molar-refractivity contribution is -0.142. The molecule has 3 aromatic rings. The molecule has 1 aromatic heterocycles. The van der Waals surface area contributed by atoms with Gasteiger partial charge in [0.05, 0.1) is 0 Å². The zero-order valence-electron chi connectivity index (χ0n) is 14.4. The zero-order chi connectivity index (χ0) is 18.1. The van der Waals surface area contributed by atoms with Crippen molar-refractivity contribution in [1.29, 1.82) is 0 Å². The molecule has 1 aliphatic rings. The van der Waals surface area contributed by atoms with E-state index in [9.17, 15) is 9.59 Å². The molecule has 0 unspecified atom stereocenters. The summed E-state index contributed by atoms with van der Waals surface area (Å²) >= 11 is 0. The summed E-state index contributed by atoms with van der Waals surface area (Å²) in [5.74, 6) is -0.349. The van der Waals surface area contributed by atoms with Crippen LogP contribution in [-0.4, -0.2) is 27.7 Å². The van der Waals surface area contributed by atoms with Gasteiger partial charge < -0.3 is 15.2 Å². The van der Waals surface area contributed by atoms with E-state index in [1.165, 1.54) is 0 Å².